The van der Waals surface area contributed by atoms with Crippen molar-refractivity contribution in [2.75, 3.05) is 0 Å². The van der Waals surface area contributed by atoms with Crippen LogP contribution in [0.15, 0.2) is 9.98 Å². The van der Waals surface area contributed by atoms with E-state index in [-0.39, 0.29) is 11.6 Å². The SMILES string of the molecule is CC(C)(C)C1N=CSC=N1. The highest BCUT2D eigenvalue weighted by atomic mass is 32.2. The predicted octanol–water partition coefficient (Wildman–Crippen LogP) is 2.16. The molecule has 0 atom stereocenters. The van der Waals surface area contributed by atoms with Gasteiger partial charge < -0.3 is 0 Å². The van der Waals surface area contributed by atoms with E-state index in [1.807, 2.05) is 11.1 Å². The van der Waals surface area contributed by atoms with E-state index >= 15 is 0 Å². The molecule has 0 saturated carbocycles. The third kappa shape index (κ3) is 1.84. The fraction of sp³-hybridized carbons (Fsp3) is 0.714. The van der Waals surface area contributed by atoms with Crippen LogP contribution in [0.25, 0.3) is 0 Å². The average molecular weight is 156 g/mol. The normalized spacial score (nSPS) is 19.9. The van der Waals surface area contributed by atoms with Crippen molar-refractivity contribution in [3.63, 3.8) is 0 Å². The summed E-state index contributed by atoms with van der Waals surface area (Å²) in [5.74, 6) is 0. The van der Waals surface area contributed by atoms with E-state index in [1.54, 1.807) is 0 Å². The number of hydrogen-bond donors (Lipinski definition) is 0. The molecule has 1 rings (SSSR count). The zero-order valence-electron chi connectivity index (χ0n) is 6.53. The first-order chi connectivity index (χ1) is 4.61. The van der Waals surface area contributed by atoms with Gasteiger partial charge in [0.05, 0.1) is 11.1 Å². The van der Waals surface area contributed by atoms with Crippen LogP contribution >= 0.6 is 11.8 Å². The second kappa shape index (κ2) is 2.74. The van der Waals surface area contributed by atoms with Gasteiger partial charge in [0.25, 0.3) is 0 Å². The first-order valence-electron chi connectivity index (χ1n) is 3.29. The van der Waals surface area contributed by atoms with E-state index < -0.39 is 0 Å². The van der Waals surface area contributed by atoms with Crippen LogP contribution in [-0.2, 0) is 0 Å². The summed E-state index contributed by atoms with van der Waals surface area (Å²) < 4.78 is 0. The molecule has 0 N–H and O–H groups in total. The van der Waals surface area contributed by atoms with Crippen molar-refractivity contribution in [1.29, 1.82) is 0 Å². The van der Waals surface area contributed by atoms with Crippen molar-refractivity contribution in [1.82, 2.24) is 0 Å². The van der Waals surface area contributed by atoms with Gasteiger partial charge in [-0.25, -0.2) is 0 Å². The fourth-order valence-corrected chi connectivity index (χ4v) is 1.12. The molecule has 1 aliphatic heterocycles. The Morgan fingerprint density at radius 3 is 2.00 bits per heavy atom. The van der Waals surface area contributed by atoms with Gasteiger partial charge in [0, 0.05) is 5.41 Å². The zero-order valence-corrected chi connectivity index (χ0v) is 7.35. The first kappa shape index (κ1) is 7.79. The molecule has 1 aliphatic rings. The minimum absolute atomic E-state index is 0.119. The molecule has 56 valence electrons. The largest absolute Gasteiger partial charge is 0.259 e. The van der Waals surface area contributed by atoms with Crippen LogP contribution in [0.2, 0.25) is 0 Å². The van der Waals surface area contributed by atoms with Gasteiger partial charge >= 0.3 is 0 Å². The van der Waals surface area contributed by atoms with E-state index in [1.165, 1.54) is 11.8 Å². The molecule has 0 saturated heterocycles. The molecule has 2 nitrogen and oxygen atoms in total. The van der Waals surface area contributed by atoms with Crippen LogP contribution in [0.5, 0.6) is 0 Å². The highest BCUT2D eigenvalue weighted by Gasteiger charge is 2.22. The van der Waals surface area contributed by atoms with Gasteiger partial charge in [-0.05, 0) is 0 Å². The number of thioether (sulfide) groups is 1. The Morgan fingerprint density at radius 1 is 1.20 bits per heavy atom. The van der Waals surface area contributed by atoms with Crippen LogP contribution in [0.1, 0.15) is 20.8 Å². The van der Waals surface area contributed by atoms with Crippen molar-refractivity contribution in [2.24, 2.45) is 15.4 Å². The lowest BCUT2D eigenvalue weighted by atomic mass is 9.93. The summed E-state index contributed by atoms with van der Waals surface area (Å²) in [5, 5.41) is 0. The average Bonchev–Trinajstić information content (AvgIpc) is 1.88. The molecule has 0 radical (unpaired) electrons. The second-order valence-electron chi connectivity index (χ2n) is 3.38. The van der Waals surface area contributed by atoms with Gasteiger partial charge in [0.2, 0.25) is 0 Å². The lowest BCUT2D eigenvalue weighted by molar-refractivity contribution is 0.333. The van der Waals surface area contributed by atoms with E-state index in [0.717, 1.165) is 0 Å². The van der Waals surface area contributed by atoms with Crippen LogP contribution < -0.4 is 0 Å². The minimum Gasteiger partial charge on any atom is -0.259 e. The van der Waals surface area contributed by atoms with E-state index in [0.29, 0.717) is 0 Å². The molecule has 0 aromatic heterocycles. The van der Waals surface area contributed by atoms with Crippen molar-refractivity contribution >= 4 is 22.9 Å². The lowest BCUT2D eigenvalue weighted by Gasteiger charge is -2.24. The van der Waals surface area contributed by atoms with Crippen molar-refractivity contribution in [2.45, 2.75) is 26.9 Å². The number of rotatable bonds is 0. The smallest absolute Gasteiger partial charge is 0.145 e. The molecule has 0 fully saturated rings. The highest BCUT2D eigenvalue weighted by Crippen LogP contribution is 2.24. The zero-order chi connectivity index (χ0) is 7.61. The Labute approximate surface area is 65.8 Å². The van der Waals surface area contributed by atoms with Crippen LogP contribution in [0, 0.1) is 5.41 Å². The van der Waals surface area contributed by atoms with Crippen LogP contribution in [-0.4, -0.2) is 17.3 Å². The molecule has 3 heteroatoms. The number of aliphatic imine (C=N–C) groups is 2. The Kier molecular flexibility index (Phi) is 2.14. The van der Waals surface area contributed by atoms with Gasteiger partial charge in [0.1, 0.15) is 6.17 Å². The summed E-state index contributed by atoms with van der Waals surface area (Å²) in [6.07, 6.45) is 0.119. The number of nitrogens with zero attached hydrogens (tertiary/aromatic N) is 2. The summed E-state index contributed by atoms with van der Waals surface area (Å²) in [6, 6.07) is 0. The molecular weight excluding hydrogens is 144 g/mol. The minimum atomic E-state index is 0.119. The maximum atomic E-state index is 4.24. The molecule has 0 aliphatic carbocycles. The molecule has 0 bridgehead atoms. The van der Waals surface area contributed by atoms with Gasteiger partial charge in [-0.15, -0.1) is 0 Å². The van der Waals surface area contributed by atoms with Crippen LogP contribution in [0.3, 0.4) is 0 Å². The highest BCUT2D eigenvalue weighted by molar-refractivity contribution is 8.23. The van der Waals surface area contributed by atoms with Crippen molar-refractivity contribution in [3.8, 4) is 0 Å². The van der Waals surface area contributed by atoms with Crippen LogP contribution in [0.4, 0.5) is 0 Å². The molecule has 10 heavy (non-hydrogen) atoms. The summed E-state index contributed by atoms with van der Waals surface area (Å²) >= 11 is 1.53. The van der Waals surface area contributed by atoms with Crippen molar-refractivity contribution < 1.29 is 0 Å². The number of hydrogen-bond acceptors (Lipinski definition) is 3. The third-order valence-electron chi connectivity index (χ3n) is 1.30. The summed E-state index contributed by atoms with van der Waals surface area (Å²) in [5.41, 5.74) is 3.86. The first-order valence-corrected chi connectivity index (χ1v) is 4.24. The summed E-state index contributed by atoms with van der Waals surface area (Å²) in [6.45, 7) is 6.42. The van der Waals surface area contributed by atoms with Crippen molar-refractivity contribution in [3.05, 3.63) is 0 Å². The lowest BCUT2D eigenvalue weighted by Crippen LogP contribution is -2.23. The molecule has 0 spiro atoms. The second-order valence-corrected chi connectivity index (χ2v) is 4.08. The maximum absolute atomic E-state index is 4.24. The Balaban J connectivity index is 2.64. The molecule has 0 unspecified atom stereocenters. The van der Waals surface area contributed by atoms with E-state index in [2.05, 4.69) is 30.8 Å². The van der Waals surface area contributed by atoms with E-state index in [4.69, 9.17) is 0 Å². The Morgan fingerprint density at radius 2 is 1.70 bits per heavy atom. The Bertz CT molecular complexity index is 155. The third-order valence-corrected chi connectivity index (χ3v) is 1.79. The Hall–Kier alpha value is -0.310. The molecule has 0 aromatic rings. The molecule has 0 amide bonds. The molecular formula is C7H12N2S. The van der Waals surface area contributed by atoms with Gasteiger partial charge in [-0.2, -0.15) is 0 Å². The van der Waals surface area contributed by atoms with Gasteiger partial charge in [-0.1, -0.05) is 32.5 Å². The van der Waals surface area contributed by atoms with E-state index in [9.17, 15) is 0 Å². The van der Waals surface area contributed by atoms with Gasteiger partial charge in [0.15, 0.2) is 0 Å². The maximum Gasteiger partial charge on any atom is 0.145 e. The molecule has 0 aromatic carbocycles. The monoisotopic (exact) mass is 156 g/mol. The summed E-state index contributed by atoms with van der Waals surface area (Å²) in [7, 11) is 0. The summed E-state index contributed by atoms with van der Waals surface area (Å²) in [4.78, 5) is 8.48. The fourth-order valence-electron chi connectivity index (χ4n) is 0.698. The van der Waals surface area contributed by atoms with Gasteiger partial charge in [-0.3, -0.25) is 9.98 Å². The molecule has 1 heterocycles. The quantitative estimate of drug-likeness (QED) is 0.527. The standard InChI is InChI=1S/C7H12N2S/c1-7(2,3)6-8-4-10-5-9-6/h4-6H,1-3H3. The topological polar surface area (TPSA) is 24.7 Å². The predicted molar refractivity (Wildman–Crippen MR) is 47.8 cm³/mol.